The Labute approximate surface area is 127 Å². The molecular formula is C16H15ClN2O2. The van der Waals surface area contributed by atoms with E-state index in [9.17, 15) is 9.59 Å². The first-order chi connectivity index (χ1) is 10.1. The SMILES string of the molecule is O=C(c1ccc(-c2ccc(Cl)cc2)[nH]c1=O)N1CCCC1. The third-order valence-electron chi connectivity index (χ3n) is 3.69. The summed E-state index contributed by atoms with van der Waals surface area (Å²) in [5, 5.41) is 0.641. The molecule has 1 aromatic carbocycles. The Balaban J connectivity index is 1.91. The largest absolute Gasteiger partial charge is 0.338 e. The molecule has 0 atom stereocenters. The number of carbonyl (C=O) groups is 1. The number of likely N-dealkylation sites (tertiary alicyclic amines) is 1. The Morgan fingerprint density at radius 1 is 1.05 bits per heavy atom. The molecule has 1 fully saturated rings. The molecule has 1 aliphatic heterocycles. The van der Waals surface area contributed by atoms with E-state index in [4.69, 9.17) is 11.6 Å². The number of amides is 1. The van der Waals surface area contributed by atoms with Gasteiger partial charge >= 0.3 is 0 Å². The maximum atomic E-state index is 12.2. The number of nitrogens with zero attached hydrogens (tertiary/aromatic N) is 1. The minimum atomic E-state index is -0.348. The molecule has 1 aromatic heterocycles. The minimum Gasteiger partial charge on any atom is -0.338 e. The van der Waals surface area contributed by atoms with Crippen LogP contribution in [0.15, 0.2) is 41.2 Å². The maximum Gasteiger partial charge on any atom is 0.261 e. The second kappa shape index (κ2) is 5.74. The smallest absolute Gasteiger partial charge is 0.261 e. The van der Waals surface area contributed by atoms with Gasteiger partial charge in [-0.3, -0.25) is 9.59 Å². The molecule has 0 saturated carbocycles. The van der Waals surface area contributed by atoms with E-state index in [0.717, 1.165) is 31.5 Å². The highest BCUT2D eigenvalue weighted by Crippen LogP contribution is 2.19. The number of aromatic nitrogens is 1. The van der Waals surface area contributed by atoms with Gasteiger partial charge in [-0.25, -0.2) is 0 Å². The number of aromatic amines is 1. The van der Waals surface area contributed by atoms with Crippen LogP contribution in [0, 0.1) is 0 Å². The third kappa shape index (κ3) is 2.85. The van der Waals surface area contributed by atoms with Crippen LogP contribution in [0.25, 0.3) is 11.3 Å². The van der Waals surface area contributed by atoms with Crippen molar-refractivity contribution in [3.63, 3.8) is 0 Å². The molecule has 0 spiro atoms. The van der Waals surface area contributed by atoms with E-state index in [-0.39, 0.29) is 17.0 Å². The number of benzene rings is 1. The lowest BCUT2D eigenvalue weighted by Gasteiger charge is -2.14. The number of H-pyrrole nitrogens is 1. The summed E-state index contributed by atoms with van der Waals surface area (Å²) in [6, 6.07) is 10.5. The maximum absolute atomic E-state index is 12.2. The molecule has 2 heterocycles. The molecule has 0 aliphatic carbocycles. The fraction of sp³-hybridized carbons (Fsp3) is 0.250. The average molecular weight is 303 g/mol. The standard InChI is InChI=1S/C16H15ClN2O2/c17-12-5-3-11(4-6-12)14-8-7-13(15(20)18-14)16(21)19-9-1-2-10-19/h3-8H,1-2,9-10H2,(H,18,20). The number of carbonyl (C=O) groups excluding carboxylic acids is 1. The molecule has 1 aliphatic rings. The Morgan fingerprint density at radius 2 is 1.71 bits per heavy atom. The van der Waals surface area contributed by atoms with Gasteiger partial charge in [0.1, 0.15) is 5.56 Å². The van der Waals surface area contributed by atoms with E-state index in [2.05, 4.69) is 4.98 Å². The first-order valence-corrected chi connectivity index (χ1v) is 7.31. The van der Waals surface area contributed by atoms with Gasteiger partial charge in [0.15, 0.2) is 0 Å². The van der Waals surface area contributed by atoms with Crippen LogP contribution in [0.4, 0.5) is 0 Å². The van der Waals surface area contributed by atoms with Crippen molar-refractivity contribution >= 4 is 17.5 Å². The number of halogens is 1. The lowest BCUT2D eigenvalue weighted by molar-refractivity contribution is 0.0791. The topological polar surface area (TPSA) is 53.2 Å². The van der Waals surface area contributed by atoms with Crippen LogP contribution in [0.5, 0.6) is 0 Å². The van der Waals surface area contributed by atoms with Gasteiger partial charge in [0.05, 0.1) is 0 Å². The number of nitrogens with one attached hydrogen (secondary N) is 1. The van der Waals surface area contributed by atoms with Crippen LogP contribution >= 0.6 is 11.6 Å². The zero-order valence-electron chi connectivity index (χ0n) is 11.4. The van der Waals surface area contributed by atoms with Crippen molar-refractivity contribution in [2.45, 2.75) is 12.8 Å². The van der Waals surface area contributed by atoms with E-state index in [1.54, 1.807) is 29.2 Å². The number of hydrogen-bond acceptors (Lipinski definition) is 2. The summed E-state index contributed by atoms with van der Waals surface area (Å²) in [6.45, 7) is 1.47. The van der Waals surface area contributed by atoms with Crippen molar-refractivity contribution < 1.29 is 4.79 Å². The van der Waals surface area contributed by atoms with Gasteiger partial charge in [-0.15, -0.1) is 0 Å². The molecule has 1 saturated heterocycles. The molecule has 2 aromatic rings. The third-order valence-corrected chi connectivity index (χ3v) is 3.94. The Kier molecular flexibility index (Phi) is 3.80. The van der Waals surface area contributed by atoms with Crippen LogP contribution in [-0.2, 0) is 0 Å². The van der Waals surface area contributed by atoms with Crippen molar-refractivity contribution in [3.05, 3.63) is 57.3 Å². The van der Waals surface area contributed by atoms with Gasteiger partial charge in [0.25, 0.3) is 11.5 Å². The van der Waals surface area contributed by atoms with Gasteiger partial charge in [-0.05, 0) is 42.7 Å². The first kappa shape index (κ1) is 13.9. The molecule has 0 radical (unpaired) electrons. The van der Waals surface area contributed by atoms with Crippen molar-refractivity contribution in [1.82, 2.24) is 9.88 Å². The summed E-state index contributed by atoms with van der Waals surface area (Å²) < 4.78 is 0. The van der Waals surface area contributed by atoms with Gasteiger partial charge in [0.2, 0.25) is 0 Å². The van der Waals surface area contributed by atoms with Crippen LogP contribution in [-0.4, -0.2) is 28.9 Å². The number of pyridine rings is 1. The molecule has 5 heteroatoms. The van der Waals surface area contributed by atoms with Gasteiger partial charge in [-0.2, -0.15) is 0 Å². The minimum absolute atomic E-state index is 0.184. The first-order valence-electron chi connectivity index (χ1n) is 6.94. The van der Waals surface area contributed by atoms with Crippen LogP contribution in [0.3, 0.4) is 0 Å². The highest BCUT2D eigenvalue weighted by atomic mass is 35.5. The fourth-order valence-corrected chi connectivity index (χ4v) is 2.66. The average Bonchev–Trinajstić information content (AvgIpc) is 3.01. The Morgan fingerprint density at radius 3 is 2.33 bits per heavy atom. The molecular weight excluding hydrogens is 288 g/mol. The van der Waals surface area contributed by atoms with E-state index >= 15 is 0 Å². The lowest BCUT2D eigenvalue weighted by Crippen LogP contribution is -2.32. The second-order valence-electron chi connectivity index (χ2n) is 5.12. The zero-order valence-corrected chi connectivity index (χ0v) is 12.2. The molecule has 1 amide bonds. The van der Waals surface area contributed by atoms with Crippen molar-refractivity contribution in [3.8, 4) is 11.3 Å². The summed E-state index contributed by atoms with van der Waals surface area (Å²) in [4.78, 5) is 28.9. The quantitative estimate of drug-likeness (QED) is 0.927. The molecule has 3 rings (SSSR count). The van der Waals surface area contributed by atoms with E-state index < -0.39 is 0 Å². The van der Waals surface area contributed by atoms with Crippen molar-refractivity contribution in [2.24, 2.45) is 0 Å². The molecule has 0 unspecified atom stereocenters. The number of hydrogen-bond donors (Lipinski definition) is 1. The summed E-state index contributed by atoms with van der Waals surface area (Å²) in [5.74, 6) is -0.184. The summed E-state index contributed by atoms with van der Waals surface area (Å²) in [6.07, 6.45) is 2.01. The van der Waals surface area contributed by atoms with Crippen molar-refractivity contribution in [2.75, 3.05) is 13.1 Å². The molecule has 1 N–H and O–H groups in total. The normalized spacial score (nSPS) is 14.4. The molecule has 0 bridgehead atoms. The van der Waals surface area contributed by atoms with Gasteiger partial charge in [-0.1, -0.05) is 23.7 Å². The summed E-state index contributed by atoms with van der Waals surface area (Å²) in [5.41, 5.74) is 1.39. The van der Waals surface area contributed by atoms with Crippen LogP contribution in [0.2, 0.25) is 5.02 Å². The number of rotatable bonds is 2. The Hall–Kier alpha value is -2.07. The lowest BCUT2D eigenvalue weighted by atomic mass is 10.1. The molecule has 4 nitrogen and oxygen atoms in total. The molecule has 21 heavy (non-hydrogen) atoms. The zero-order chi connectivity index (χ0) is 14.8. The predicted octanol–water partition coefficient (Wildman–Crippen LogP) is 2.93. The summed E-state index contributed by atoms with van der Waals surface area (Å²) in [7, 11) is 0. The highest BCUT2D eigenvalue weighted by molar-refractivity contribution is 6.30. The van der Waals surface area contributed by atoms with Crippen molar-refractivity contribution in [1.29, 1.82) is 0 Å². The van der Waals surface area contributed by atoms with Crippen LogP contribution < -0.4 is 5.56 Å². The monoisotopic (exact) mass is 302 g/mol. The van der Waals surface area contributed by atoms with Gasteiger partial charge in [0, 0.05) is 23.8 Å². The predicted molar refractivity (Wildman–Crippen MR) is 82.6 cm³/mol. The van der Waals surface area contributed by atoms with E-state index in [1.807, 2.05) is 12.1 Å². The van der Waals surface area contributed by atoms with Crippen LogP contribution in [0.1, 0.15) is 23.2 Å². The van der Waals surface area contributed by atoms with Gasteiger partial charge < -0.3 is 9.88 Å². The second-order valence-corrected chi connectivity index (χ2v) is 5.56. The fourth-order valence-electron chi connectivity index (χ4n) is 2.53. The summed E-state index contributed by atoms with van der Waals surface area (Å²) >= 11 is 5.85. The van der Waals surface area contributed by atoms with E-state index in [1.165, 1.54) is 0 Å². The highest BCUT2D eigenvalue weighted by Gasteiger charge is 2.21. The Bertz CT molecular complexity index is 716. The molecule has 108 valence electrons. The van der Waals surface area contributed by atoms with E-state index in [0.29, 0.717) is 10.7 Å².